The summed E-state index contributed by atoms with van der Waals surface area (Å²) < 4.78 is 30.3. The van der Waals surface area contributed by atoms with Crippen molar-refractivity contribution >= 4 is 11.6 Å². The molecule has 1 N–H and O–H groups in total. The van der Waals surface area contributed by atoms with Gasteiger partial charge in [0, 0.05) is 11.1 Å². The average molecular weight is 433 g/mol. The number of hydrogen-bond acceptors (Lipinski definition) is 6. The minimum Gasteiger partial charge on any atom is -0.490 e. The molecule has 0 atom stereocenters. The average Bonchev–Trinajstić information content (AvgIpc) is 3.31. The number of nitrogens with zero attached hydrogens (tertiary/aromatic N) is 2. The molecule has 1 aromatic heterocycles. The van der Waals surface area contributed by atoms with Gasteiger partial charge < -0.3 is 19.3 Å². The van der Waals surface area contributed by atoms with Crippen LogP contribution in [0.4, 0.5) is 10.1 Å². The molecule has 4 rings (SSSR count). The van der Waals surface area contributed by atoms with Crippen LogP contribution in [-0.4, -0.2) is 29.3 Å². The van der Waals surface area contributed by atoms with Gasteiger partial charge in [0.25, 0.3) is 11.8 Å². The van der Waals surface area contributed by atoms with Crippen molar-refractivity contribution in [2.75, 3.05) is 18.5 Å². The zero-order valence-electron chi connectivity index (χ0n) is 17.2. The standard InChI is InChI=1S/C24H20FN3O4/c1-2-30-21-14-17(23-27-24(32-28-23)16-8-4-3-5-9-16)12-13-20(21)31-15-22(29)26-19-11-7-6-10-18(19)25/h3-14H,2,15H2,1H3,(H,26,29). The summed E-state index contributed by atoms with van der Waals surface area (Å²) in [5.74, 6) is 0.584. The molecule has 0 radical (unpaired) electrons. The quantitative estimate of drug-likeness (QED) is 0.423. The smallest absolute Gasteiger partial charge is 0.262 e. The van der Waals surface area contributed by atoms with Crippen LogP contribution in [0.2, 0.25) is 0 Å². The van der Waals surface area contributed by atoms with Gasteiger partial charge in [0.2, 0.25) is 5.82 Å². The lowest BCUT2D eigenvalue weighted by molar-refractivity contribution is -0.118. The molecule has 8 heteroatoms. The number of para-hydroxylation sites is 1. The van der Waals surface area contributed by atoms with Crippen LogP contribution in [0, 0.1) is 5.82 Å². The van der Waals surface area contributed by atoms with Crippen LogP contribution in [0.1, 0.15) is 6.92 Å². The Morgan fingerprint density at radius 1 is 0.969 bits per heavy atom. The summed E-state index contributed by atoms with van der Waals surface area (Å²) in [6.07, 6.45) is 0. The molecular weight excluding hydrogens is 413 g/mol. The van der Waals surface area contributed by atoms with Crippen molar-refractivity contribution in [1.82, 2.24) is 10.1 Å². The monoisotopic (exact) mass is 433 g/mol. The molecule has 0 unspecified atom stereocenters. The van der Waals surface area contributed by atoms with Crippen LogP contribution in [0.5, 0.6) is 11.5 Å². The van der Waals surface area contributed by atoms with Gasteiger partial charge in [0.05, 0.1) is 12.3 Å². The highest BCUT2D eigenvalue weighted by atomic mass is 19.1. The van der Waals surface area contributed by atoms with Crippen LogP contribution in [0.15, 0.2) is 77.3 Å². The van der Waals surface area contributed by atoms with Crippen LogP contribution in [0.25, 0.3) is 22.8 Å². The van der Waals surface area contributed by atoms with Crippen molar-refractivity contribution in [1.29, 1.82) is 0 Å². The topological polar surface area (TPSA) is 86.5 Å². The highest BCUT2D eigenvalue weighted by Crippen LogP contribution is 2.32. The second-order valence-electron chi connectivity index (χ2n) is 6.70. The number of rotatable bonds is 8. The molecule has 0 fully saturated rings. The summed E-state index contributed by atoms with van der Waals surface area (Å²) in [6.45, 7) is 1.92. The van der Waals surface area contributed by atoms with Crippen LogP contribution in [-0.2, 0) is 4.79 Å². The fourth-order valence-corrected chi connectivity index (χ4v) is 2.97. The summed E-state index contributed by atoms with van der Waals surface area (Å²) in [6, 6.07) is 20.5. The highest BCUT2D eigenvalue weighted by molar-refractivity contribution is 5.92. The fourth-order valence-electron chi connectivity index (χ4n) is 2.97. The van der Waals surface area contributed by atoms with Gasteiger partial charge in [0.15, 0.2) is 18.1 Å². The first kappa shape index (κ1) is 21.0. The van der Waals surface area contributed by atoms with Gasteiger partial charge in [-0.05, 0) is 49.4 Å². The SMILES string of the molecule is CCOc1cc(-c2noc(-c3ccccc3)n2)ccc1OCC(=O)Nc1ccccc1F. The molecule has 1 amide bonds. The van der Waals surface area contributed by atoms with Gasteiger partial charge in [0.1, 0.15) is 5.82 Å². The summed E-state index contributed by atoms with van der Waals surface area (Å²) >= 11 is 0. The van der Waals surface area contributed by atoms with E-state index in [9.17, 15) is 9.18 Å². The van der Waals surface area contributed by atoms with Gasteiger partial charge in [-0.1, -0.05) is 35.5 Å². The molecular formula is C24H20FN3O4. The second kappa shape index (κ2) is 9.74. The number of hydrogen-bond donors (Lipinski definition) is 1. The number of ether oxygens (including phenoxy) is 2. The van der Waals surface area contributed by atoms with Crippen molar-refractivity contribution < 1.29 is 23.2 Å². The van der Waals surface area contributed by atoms with E-state index in [-0.39, 0.29) is 12.3 Å². The zero-order valence-corrected chi connectivity index (χ0v) is 17.2. The molecule has 0 aliphatic carbocycles. The number of nitrogens with one attached hydrogen (secondary N) is 1. The van der Waals surface area contributed by atoms with E-state index in [1.807, 2.05) is 37.3 Å². The molecule has 0 aliphatic heterocycles. The molecule has 162 valence electrons. The maximum absolute atomic E-state index is 13.7. The Morgan fingerprint density at radius 3 is 2.53 bits per heavy atom. The zero-order chi connectivity index (χ0) is 22.3. The molecule has 3 aromatic carbocycles. The lowest BCUT2D eigenvalue weighted by atomic mass is 10.2. The Labute approximate surface area is 183 Å². The first-order valence-corrected chi connectivity index (χ1v) is 9.97. The largest absolute Gasteiger partial charge is 0.490 e. The Hall–Kier alpha value is -4.20. The second-order valence-corrected chi connectivity index (χ2v) is 6.70. The summed E-state index contributed by atoms with van der Waals surface area (Å²) in [4.78, 5) is 16.6. The molecule has 0 spiro atoms. The lowest BCUT2D eigenvalue weighted by Gasteiger charge is -2.13. The normalized spacial score (nSPS) is 10.6. The highest BCUT2D eigenvalue weighted by Gasteiger charge is 2.15. The molecule has 0 saturated heterocycles. The van der Waals surface area contributed by atoms with Crippen molar-refractivity contribution in [3.05, 3.63) is 78.6 Å². The van der Waals surface area contributed by atoms with E-state index >= 15 is 0 Å². The Morgan fingerprint density at radius 2 is 1.75 bits per heavy atom. The van der Waals surface area contributed by atoms with E-state index in [0.717, 1.165) is 5.56 Å². The van der Waals surface area contributed by atoms with Crippen LogP contribution >= 0.6 is 0 Å². The van der Waals surface area contributed by atoms with E-state index in [4.69, 9.17) is 14.0 Å². The van der Waals surface area contributed by atoms with Gasteiger partial charge in [-0.25, -0.2) is 4.39 Å². The van der Waals surface area contributed by atoms with E-state index in [1.54, 1.807) is 30.3 Å². The van der Waals surface area contributed by atoms with E-state index < -0.39 is 11.7 Å². The minimum absolute atomic E-state index is 0.0906. The predicted molar refractivity (Wildman–Crippen MR) is 117 cm³/mol. The molecule has 32 heavy (non-hydrogen) atoms. The number of carbonyl (C=O) groups is 1. The third-order valence-corrected chi connectivity index (χ3v) is 4.46. The summed E-state index contributed by atoms with van der Waals surface area (Å²) in [5.41, 5.74) is 1.58. The van der Waals surface area contributed by atoms with Crippen LogP contribution < -0.4 is 14.8 Å². The number of amides is 1. The Bertz CT molecular complexity index is 1210. The molecule has 0 saturated carbocycles. The van der Waals surface area contributed by atoms with E-state index in [0.29, 0.717) is 35.4 Å². The Balaban J connectivity index is 1.48. The van der Waals surface area contributed by atoms with Crippen molar-refractivity contribution in [3.63, 3.8) is 0 Å². The number of benzene rings is 3. The molecule has 1 heterocycles. The number of aromatic nitrogens is 2. The molecule has 7 nitrogen and oxygen atoms in total. The van der Waals surface area contributed by atoms with E-state index in [1.165, 1.54) is 12.1 Å². The van der Waals surface area contributed by atoms with Crippen molar-refractivity contribution in [2.45, 2.75) is 6.92 Å². The lowest BCUT2D eigenvalue weighted by Crippen LogP contribution is -2.21. The number of halogens is 1. The van der Waals surface area contributed by atoms with Gasteiger partial charge in [-0.15, -0.1) is 0 Å². The first-order valence-electron chi connectivity index (χ1n) is 9.97. The van der Waals surface area contributed by atoms with E-state index in [2.05, 4.69) is 15.5 Å². The fraction of sp³-hybridized carbons (Fsp3) is 0.125. The molecule has 0 bridgehead atoms. The van der Waals surface area contributed by atoms with Gasteiger partial charge in [-0.3, -0.25) is 4.79 Å². The summed E-state index contributed by atoms with van der Waals surface area (Å²) in [5, 5.41) is 6.52. The number of anilines is 1. The molecule has 0 aliphatic rings. The Kier molecular flexibility index (Phi) is 6.41. The summed E-state index contributed by atoms with van der Waals surface area (Å²) in [7, 11) is 0. The maximum atomic E-state index is 13.7. The van der Waals surface area contributed by atoms with Crippen molar-refractivity contribution in [2.24, 2.45) is 0 Å². The first-order chi connectivity index (χ1) is 15.6. The minimum atomic E-state index is -0.518. The number of carbonyl (C=O) groups excluding carboxylic acids is 1. The molecule has 4 aromatic rings. The van der Waals surface area contributed by atoms with Crippen molar-refractivity contribution in [3.8, 4) is 34.3 Å². The predicted octanol–water partition coefficient (Wildman–Crippen LogP) is 4.96. The van der Waals surface area contributed by atoms with Gasteiger partial charge in [-0.2, -0.15) is 4.98 Å². The maximum Gasteiger partial charge on any atom is 0.262 e. The third-order valence-electron chi connectivity index (χ3n) is 4.46. The van der Waals surface area contributed by atoms with Crippen LogP contribution in [0.3, 0.4) is 0 Å². The third kappa shape index (κ3) is 4.92. The van der Waals surface area contributed by atoms with Gasteiger partial charge >= 0.3 is 0 Å².